The fraction of sp³-hybridized carbons (Fsp3) is 0.280. The minimum atomic E-state index is -1.24. The van der Waals surface area contributed by atoms with Gasteiger partial charge in [0, 0.05) is 23.9 Å². The number of aromatic nitrogens is 1. The summed E-state index contributed by atoms with van der Waals surface area (Å²) in [5.74, 6) is -2.62. The number of halogens is 2. The van der Waals surface area contributed by atoms with E-state index in [0.717, 1.165) is 18.4 Å². The summed E-state index contributed by atoms with van der Waals surface area (Å²) in [6.45, 7) is 2.65. The Morgan fingerprint density at radius 3 is 2.59 bits per heavy atom. The highest BCUT2D eigenvalue weighted by Crippen LogP contribution is 2.35. The molecule has 5 N–H and O–H groups in total. The van der Waals surface area contributed by atoms with Crippen LogP contribution in [0.15, 0.2) is 42.5 Å². The molecule has 2 heterocycles. The third-order valence-electron chi connectivity index (χ3n) is 6.03. The highest BCUT2D eigenvalue weighted by atomic mass is 35.5. The number of hydrogen-bond acceptors (Lipinski definition) is 7. The van der Waals surface area contributed by atoms with Crippen molar-refractivity contribution in [3.63, 3.8) is 0 Å². The Kier molecular flexibility index (Phi) is 8.06. The zero-order valence-corrected chi connectivity index (χ0v) is 21.4. The van der Waals surface area contributed by atoms with Crippen LogP contribution in [0.25, 0.3) is 0 Å². The first-order valence-electron chi connectivity index (χ1n) is 11.5. The lowest BCUT2D eigenvalue weighted by Crippen LogP contribution is -2.45. The molecule has 0 bridgehead atoms. The summed E-state index contributed by atoms with van der Waals surface area (Å²) in [6, 6.07) is 8.89. The SMILES string of the molecule is Cc1ccc(N(C(=O)c2snc(C(N)=O)c2N)C(C(=O)NCC2CCCO2)c2ccc(F)cc2)cc1Cl. The maximum Gasteiger partial charge on any atom is 0.273 e. The third-order valence-corrected chi connectivity index (χ3v) is 7.29. The number of carbonyl (C=O) groups excluding carboxylic acids is 3. The van der Waals surface area contributed by atoms with Crippen LogP contribution >= 0.6 is 23.1 Å². The molecule has 3 aromatic rings. The lowest BCUT2D eigenvalue weighted by atomic mass is 10.0. The Balaban J connectivity index is 1.82. The number of nitrogen functional groups attached to an aromatic ring is 1. The van der Waals surface area contributed by atoms with E-state index in [4.69, 9.17) is 27.8 Å². The van der Waals surface area contributed by atoms with Crippen LogP contribution in [0.4, 0.5) is 15.8 Å². The zero-order chi connectivity index (χ0) is 26.7. The maximum atomic E-state index is 14.0. The van der Waals surface area contributed by atoms with Gasteiger partial charge in [-0.1, -0.05) is 29.8 Å². The van der Waals surface area contributed by atoms with Gasteiger partial charge in [-0.2, -0.15) is 4.37 Å². The Bertz CT molecular complexity index is 1330. The first kappa shape index (κ1) is 26.5. The highest BCUT2D eigenvalue weighted by molar-refractivity contribution is 7.09. The van der Waals surface area contributed by atoms with Gasteiger partial charge in [-0.25, -0.2) is 4.39 Å². The van der Waals surface area contributed by atoms with E-state index in [9.17, 15) is 18.8 Å². The Labute approximate surface area is 221 Å². The predicted octanol–water partition coefficient (Wildman–Crippen LogP) is 3.61. The van der Waals surface area contributed by atoms with Gasteiger partial charge in [0.1, 0.15) is 16.7 Å². The molecule has 1 aliphatic rings. The molecule has 37 heavy (non-hydrogen) atoms. The molecule has 1 aliphatic heterocycles. The Morgan fingerprint density at radius 2 is 2.00 bits per heavy atom. The molecule has 1 fully saturated rings. The summed E-state index contributed by atoms with van der Waals surface area (Å²) in [5.41, 5.74) is 12.3. The summed E-state index contributed by atoms with van der Waals surface area (Å²) in [6.07, 6.45) is 1.54. The second kappa shape index (κ2) is 11.2. The van der Waals surface area contributed by atoms with E-state index in [0.29, 0.717) is 28.7 Å². The van der Waals surface area contributed by atoms with Crippen LogP contribution in [0, 0.1) is 12.7 Å². The van der Waals surface area contributed by atoms with Gasteiger partial charge in [-0.15, -0.1) is 0 Å². The van der Waals surface area contributed by atoms with Crippen molar-refractivity contribution in [1.29, 1.82) is 0 Å². The molecule has 2 aromatic carbocycles. The molecule has 12 heteroatoms. The number of hydrogen-bond donors (Lipinski definition) is 3. The average molecular weight is 546 g/mol. The summed E-state index contributed by atoms with van der Waals surface area (Å²) in [4.78, 5) is 40.5. The molecule has 1 aromatic heterocycles. The Hall–Kier alpha value is -3.54. The number of aryl methyl sites for hydroxylation is 1. The molecule has 1 saturated heterocycles. The van der Waals surface area contributed by atoms with Crippen molar-refractivity contribution >= 4 is 52.2 Å². The van der Waals surface area contributed by atoms with E-state index in [-0.39, 0.29) is 34.6 Å². The molecule has 3 amide bonds. The summed E-state index contributed by atoms with van der Waals surface area (Å²) < 4.78 is 23.3. The van der Waals surface area contributed by atoms with Crippen LogP contribution in [0.2, 0.25) is 5.02 Å². The van der Waals surface area contributed by atoms with Gasteiger partial charge >= 0.3 is 0 Å². The van der Waals surface area contributed by atoms with Gasteiger partial charge in [-0.05, 0) is 66.7 Å². The largest absolute Gasteiger partial charge is 0.395 e. The van der Waals surface area contributed by atoms with E-state index >= 15 is 0 Å². The van der Waals surface area contributed by atoms with Crippen LogP contribution < -0.4 is 21.7 Å². The number of carbonyl (C=O) groups is 3. The minimum absolute atomic E-state index is 0.0791. The number of rotatable bonds is 8. The quantitative estimate of drug-likeness (QED) is 0.395. The van der Waals surface area contributed by atoms with Crippen molar-refractivity contribution in [2.24, 2.45) is 5.73 Å². The van der Waals surface area contributed by atoms with Gasteiger partial charge in [0.05, 0.1) is 11.8 Å². The number of anilines is 2. The Morgan fingerprint density at radius 1 is 1.27 bits per heavy atom. The number of primary amides is 1. The number of nitrogens with two attached hydrogens (primary N) is 2. The van der Waals surface area contributed by atoms with Crippen LogP contribution in [0.3, 0.4) is 0 Å². The van der Waals surface area contributed by atoms with E-state index in [2.05, 4.69) is 9.69 Å². The van der Waals surface area contributed by atoms with Crippen molar-refractivity contribution in [2.45, 2.75) is 31.9 Å². The van der Waals surface area contributed by atoms with Crippen molar-refractivity contribution in [3.8, 4) is 0 Å². The zero-order valence-electron chi connectivity index (χ0n) is 19.9. The highest BCUT2D eigenvalue weighted by Gasteiger charge is 2.36. The van der Waals surface area contributed by atoms with Crippen LogP contribution in [-0.2, 0) is 9.53 Å². The standard InChI is InChI=1S/C25H25ClFN5O4S/c1-13-4-9-16(11-18(13)26)32(25(35)22-19(28)20(23(29)33)31-37-22)21(14-5-7-15(27)8-6-14)24(34)30-12-17-3-2-10-36-17/h4-9,11,17,21H,2-3,10,12,28H2,1H3,(H2,29,33)(H,30,34). The molecule has 0 radical (unpaired) electrons. The lowest BCUT2D eigenvalue weighted by Gasteiger charge is -2.32. The monoisotopic (exact) mass is 545 g/mol. The predicted molar refractivity (Wildman–Crippen MR) is 139 cm³/mol. The summed E-state index contributed by atoms with van der Waals surface area (Å²) in [5, 5.41) is 3.22. The van der Waals surface area contributed by atoms with Crippen molar-refractivity contribution in [3.05, 3.63) is 75.0 Å². The van der Waals surface area contributed by atoms with Gasteiger partial charge in [-0.3, -0.25) is 19.3 Å². The van der Waals surface area contributed by atoms with Gasteiger partial charge in [0.25, 0.3) is 11.8 Å². The van der Waals surface area contributed by atoms with Crippen molar-refractivity contribution in [1.82, 2.24) is 9.69 Å². The maximum absolute atomic E-state index is 14.0. The number of nitrogens with one attached hydrogen (secondary N) is 1. The molecule has 2 unspecified atom stereocenters. The van der Waals surface area contributed by atoms with E-state index in [1.54, 1.807) is 25.1 Å². The van der Waals surface area contributed by atoms with Crippen LogP contribution in [-0.4, -0.2) is 41.4 Å². The smallest absolute Gasteiger partial charge is 0.273 e. The van der Waals surface area contributed by atoms with Gasteiger partial charge in [0.15, 0.2) is 5.69 Å². The fourth-order valence-electron chi connectivity index (χ4n) is 4.03. The van der Waals surface area contributed by atoms with Crippen molar-refractivity contribution in [2.75, 3.05) is 23.8 Å². The van der Waals surface area contributed by atoms with E-state index < -0.39 is 29.6 Å². The minimum Gasteiger partial charge on any atom is -0.395 e. The molecular weight excluding hydrogens is 521 g/mol. The average Bonchev–Trinajstić information content (AvgIpc) is 3.53. The van der Waals surface area contributed by atoms with E-state index in [1.165, 1.54) is 29.2 Å². The second-order valence-corrected chi connectivity index (χ2v) is 9.76. The van der Waals surface area contributed by atoms with Gasteiger partial charge < -0.3 is 21.5 Å². The first-order chi connectivity index (χ1) is 17.7. The molecule has 0 saturated carbocycles. The molecular formula is C25H25ClFN5O4S. The topological polar surface area (TPSA) is 141 Å². The number of ether oxygens (including phenoxy) is 1. The van der Waals surface area contributed by atoms with Crippen LogP contribution in [0.5, 0.6) is 0 Å². The molecule has 4 rings (SSSR count). The molecule has 194 valence electrons. The van der Waals surface area contributed by atoms with Crippen LogP contribution in [0.1, 0.15) is 50.2 Å². The summed E-state index contributed by atoms with van der Waals surface area (Å²) >= 11 is 7.08. The first-order valence-corrected chi connectivity index (χ1v) is 12.6. The molecule has 0 spiro atoms. The van der Waals surface area contributed by atoms with E-state index in [1.807, 2.05) is 0 Å². The molecule has 0 aliphatic carbocycles. The summed E-state index contributed by atoms with van der Waals surface area (Å²) in [7, 11) is 0. The number of amides is 3. The molecule has 2 atom stereocenters. The normalized spacial score (nSPS) is 15.8. The third kappa shape index (κ3) is 5.74. The number of nitrogens with zero attached hydrogens (tertiary/aromatic N) is 2. The van der Waals surface area contributed by atoms with Gasteiger partial charge in [0.2, 0.25) is 5.91 Å². The van der Waals surface area contributed by atoms with Crippen molar-refractivity contribution < 1.29 is 23.5 Å². The number of benzene rings is 2. The molecule has 9 nitrogen and oxygen atoms in total. The lowest BCUT2D eigenvalue weighted by molar-refractivity contribution is -0.123. The second-order valence-electron chi connectivity index (χ2n) is 8.58. The fourth-order valence-corrected chi connectivity index (χ4v) is 4.95.